The van der Waals surface area contributed by atoms with Gasteiger partial charge in [0.15, 0.2) is 0 Å². The SMILES string of the molecule is CC[C@H](NC(=O)[C@@H](CSc1cccc2ccccc12)NS(C)(=O)=O)[C@H](O)CC1CCC(C)CC1C. The minimum Gasteiger partial charge on any atom is -0.391 e. The molecule has 3 rings (SSSR count). The molecule has 3 unspecified atom stereocenters. The number of amides is 1. The molecular weight excluding hydrogens is 480 g/mol. The van der Waals surface area contributed by atoms with Crippen LogP contribution in [0.5, 0.6) is 0 Å². The Labute approximate surface area is 214 Å². The molecule has 0 heterocycles. The highest BCUT2D eigenvalue weighted by Crippen LogP contribution is 2.36. The Morgan fingerprint density at radius 2 is 1.86 bits per heavy atom. The fourth-order valence-electron chi connectivity index (χ4n) is 5.22. The Hall–Kier alpha value is -1.61. The lowest BCUT2D eigenvalue weighted by molar-refractivity contribution is -0.124. The molecule has 6 nitrogen and oxygen atoms in total. The molecule has 0 spiro atoms. The van der Waals surface area contributed by atoms with Crippen LogP contribution in [0.4, 0.5) is 0 Å². The van der Waals surface area contributed by atoms with E-state index in [-0.39, 0.29) is 5.75 Å². The summed E-state index contributed by atoms with van der Waals surface area (Å²) in [5, 5.41) is 16.1. The summed E-state index contributed by atoms with van der Waals surface area (Å²) < 4.78 is 26.6. The zero-order chi connectivity index (χ0) is 25.6. The molecular formula is C27H40N2O4S2. The smallest absolute Gasteiger partial charge is 0.239 e. The maximum Gasteiger partial charge on any atom is 0.239 e. The number of thioether (sulfide) groups is 1. The van der Waals surface area contributed by atoms with Crippen LogP contribution in [0.3, 0.4) is 0 Å². The maximum atomic E-state index is 13.2. The summed E-state index contributed by atoms with van der Waals surface area (Å²) >= 11 is 1.45. The molecule has 2 aromatic rings. The van der Waals surface area contributed by atoms with Gasteiger partial charge >= 0.3 is 0 Å². The predicted octanol–water partition coefficient (Wildman–Crippen LogP) is 4.57. The van der Waals surface area contributed by atoms with Crippen molar-refractivity contribution in [1.29, 1.82) is 0 Å². The third-order valence-electron chi connectivity index (χ3n) is 7.21. The van der Waals surface area contributed by atoms with Crippen LogP contribution in [-0.2, 0) is 14.8 Å². The van der Waals surface area contributed by atoms with E-state index in [9.17, 15) is 18.3 Å². The second-order valence-corrected chi connectivity index (χ2v) is 13.1. The number of aliphatic hydroxyl groups is 1. The van der Waals surface area contributed by atoms with Crippen molar-refractivity contribution < 1.29 is 18.3 Å². The Morgan fingerprint density at radius 1 is 1.14 bits per heavy atom. The number of carbonyl (C=O) groups excluding carboxylic acids is 1. The lowest BCUT2D eigenvalue weighted by Crippen LogP contribution is -2.53. The molecule has 0 bridgehead atoms. The Kier molecular flexibility index (Phi) is 10.0. The third-order valence-corrected chi connectivity index (χ3v) is 9.09. The largest absolute Gasteiger partial charge is 0.391 e. The van der Waals surface area contributed by atoms with Gasteiger partial charge in [0.25, 0.3) is 0 Å². The molecule has 1 aliphatic rings. The Balaban J connectivity index is 1.67. The van der Waals surface area contributed by atoms with E-state index in [1.54, 1.807) is 0 Å². The molecule has 0 saturated heterocycles. The lowest BCUT2D eigenvalue weighted by atomic mass is 9.73. The van der Waals surface area contributed by atoms with Crippen LogP contribution in [0.1, 0.15) is 52.9 Å². The summed E-state index contributed by atoms with van der Waals surface area (Å²) in [4.78, 5) is 14.2. The van der Waals surface area contributed by atoms with Gasteiger partial charge in [-0.15, -0.1) is 11.8 Å². The van der Waals surface area contributed by atoms with Crippen molar-refractivity contribution in [3.8, 4) is 0 Å². The normalized spacial score (nSPS) is 23.5. The number of rotatable bonds is 11. The van der Waals surface area contributed by atoms with Gasteiger partial charge in [0.05, 0.1) is 18.4 Å². The van der Waals surface area contributed by atoms with Crippen LogP contribution >= 0.6 is 11.8 Å². The standard InChI is InChI=1S/C27H40N2O4S2/c1-5-23(25(30)16-21-14-13-18(2)15-19(21)3)28-27(31)24(29-35(4,32)33)17-34-26-12-8-10-20-9-6-7-11-22(20)26/h6-12,18-19,21,23-25,29-30H,5,13-17H2,1-4H3,(H,28,31)/t18?,19?,21?,23-,24+,25+/m0/s1. The van der Waals surface area contributed by atoms with E-state index >= 15 is 0 Å². The van der Waals surface area contributed by atoms with E-state index in [2.05, 4.69) is 23.9 Å². The summed E-state index contributed by atoms with van der Waals surface area (Å²) in [6, 6.07) is 12.6. The van der Waals surface area contributed by atoms with Gasteiger partial charge in [0.2, 0.25) is 15.9 Å². The van der Waals surface area contributed by atoms with Gasteiger partial charge in [-0.3, -0.25) is 4.79 Å². The van der Waals surface area contributed by atoms with E-state index in [1.807, 2.05) is 49.4 Å². The third kappa shape index (κ3) is 8.20. The Morgan fingerprint density at radius 3 is 2.54 bits per heavy atom. The first kappa shape index (κ1) is 28.0. The fraction of sp³-hybridized carbons (Fsp3) is 0.593. The van der Waals surface area contributed by atoms with Crippen molar-refractivity contribution in [2.75, 3.05) is 12.0 Å². The second-order valence-electron chi connectivity index (χ2n) is 10.2. The van der Waals surface area contributed by atoms with Gasteiger partial charge in [-0.05, 0) is 60.3 Å². The van der Waals surface area contributed by atoms with Crippen molar-refractivity contribution in [3.05, 3.63) is 42.5 Å². The van der Waals surface area contributed by atoms with E-state index < -0.39 is 34.1 Å². The monoisotopic (exact) mass is 520 g/mol. The second kappa shape index (κ2) is 12.6. The average molecular weight is 521 g/mol. The first-order valence-electron chi connectivity index (χ1n) is 12.6. The van der Waals surface area contributed by atoms with Crippen molar-refractivity contribution in [2.24, 2.45) is 17.8 Å². The molecule has 0 aromatic heterocycles. The van der Waals surface area contributed by atoms with Crippen molar-refractivity contribution in [2.45, 2.75) is 76.0 Å². The molecule has 194 valence electrons. The van der Waals surface area contributed by atoms with Crippen molar-refractivity contribution >= 4 is 38.5 Å². The maximum absolute atomic E-state index is 13.2. The van der Waals surface area contributed by atoms with Gasteiger partial charge in [-0.2, -0.15) is 0 Å². The van der Waals surface area contributed by atoms with E-state index in [0.717, 1.165) is 34.3 Å². The molecule has 1 aliphatic carbocycles. The zero-order valence-electron chi connectivity index (χ0n) is 21.2. The number of hydrogen-bond donors (Lipinski definition) is 3. The minimum absolute atomic E-state index is 0.247. The molecule has 3 N–H and O–H groups in total. The number of sulfonamides is 1. The molecule has 1 saturated carbocycles. The van der Waals surface area contributed by atoms with Gasteiger partial charge in [0, 0.05) is 10.6 Å². The molecule has 0 aliphatic heterocycles. The number of benzene rings is 2. The lowest BCUT2D eigenvalue weighted by Gasteiger charge is -2.35. The molecule has 35 heavy (non-hydrogen) atoms. The summed E-state index contributed by atoms with van der Waals surface area (Å²) in [6.45, 7) is 6.47. The summed E-state index contributed by atoms with van der Waals surface area (Å²) in [5.41, 5.74) is 0. The molecule has 0 radical (unpaired) electrons. The van der Waals surface area contributed by atoms with E-state index in [4.69, 9.17) is 0 Å². The number of fused-ring (bicyclic) bond motifs is 1. The van der Waals surface area contributed by atoms with Crippen LogP contribution in [0.2, 0.25) is 0 Å². The highest BCUT2D eigenvalue weighted by Gasteiger charge is 2.31. The van der Waals surface area contributed by atoms with Gasteiger partial charge in [0.1, 0.15) is 6.04 Å². The van der Waals surface area contributed by atoms with Crippen LogP contribution in [0.15, 0.2) is 47.4 Å². The fourth-order valence-corrected chi connectivity index (χ4v) is 7.13. The summed E-state index contributed by atoms with van der Waals surface area (Å²) in [6.07, 6.45) is 5.09. The predicted molar refractivity (Wildman–Crippen MR) is 145 cm³/mol. The highest BCUT2D eigenvalue weighted by atomic mass is 32.2. The number of nitrogens with one attached hydrogen (secondary N) is 2. The van der Waals surface area contributed by atoms with Crippen molar-refractivity contribution in [1.82, 2.24) is 10.0 Å². The van der Waals surface area contributed by atoms with Crippen molar-refractivity contribution in [3.63, 3.8) is 0 Å². The van der Waals surface area contributed by atoms with Gasteiger partial charge in [-0.1, -0.05) is 63.6 Å². The first-order chi connectivity index (χ1) is 16.6. The van der Waals surface area contributed by atoms with Gasteiger partial charge < -0.3 is 10.4 Å². The molecule has 2 aromatic carbocycles. The van der Waals surface area contributed by atoms with E-state index in [1.165, 1.54) is 24.6 Å². The molecule has 1 amide bonds. The highest BCUT2D eigenvalue weighted by molar-refractivity contribution is 7.99. The average Bonchev–Trinajstić information content (AvgIpc) is 2.81. The first-order valence-corrected chi connectivity index (χ1v) is 15.5. The number of aliphatic hydroxyl groups excluding tert-OH is 1. The summed E-state index contributed by atoms with van der Waals surface area (Å²) in [5.74, 6) is 1.57. The minimum atomic E-state index is -3.60. The molecule has 8 heteroatoms. The molecule has 1 fully saturated rings. The topological polar surface area (TPSA) is 95.5 Å². The Bertz CT molecular complexity index is 1090. The van der Waals surface area contributed by atoms with Crippen LogP contribution in [0, 0.1) is 17.8 Å². The quantitative estimate of drug-likeness (QED) is 0.377. The van der Waals surface area contributed by atoms with Gasteiger partial charge in [-0.25, -0.2) is 13.1 Å². The van der Waals surface area contributed by atoms with Crippen LogP contribution < -0.4 is 10.0 Å². The zero-order valence-corrected chi connectivity index (χ0v) is 22.9. The number of carbonyl (C=O) groups is 1. The summed E-state index contributed by atoms with van der Waals surface area (Å²) in [7, 11) is -3.60. The molecule has 6 atom stereocenters. The van der Waals surface area contributed by atoms with E-state index in [0.29, 0.717) is 24.7 Å². The van der Waals surface area contributed by atoms with Crippen LogP contribution in [-0.4, -0.2) is 49.6 Å². The number of hydrogen-bond acceptors (Lipinski definition) is 5. The van der Waals surface area contributed by atoms with Crippen LogP contribution in [0.25, 0.3) is 10.8 Å².